The summed E-state index contributed by atoms with van der Waals surface area (Å²) in [5.41, 5.74) is 1.61. The number of carbonyl (C=O) groups excluding carboxylic acids is 1. The second-order valence-corrected chi connectivity index (χ2v) is 5.75. The number of benzene rings is 1. The van der Waals surface area contributed by atoms with Gasteiger partial charge in [0, 0.05) is 24.8 Å². The number of aromatic hydroxyl groups is 1. The van der Waals surface area contributed by atoms with Crippen LogP contribution in [0.2, 0.25) is 0 Å². The molecule has 0 saturated heterocycles. The fraction of sp³-hybridized carbons (Fsp3) is 0.267. The Bertz CT molecular complexity index is 619. The maximum atomic E-state index is 12.5. The van der Waals surface area contributed by atoms with Gasteiger partial charge in [-0.15, -0.1) is 0 Å². The van der Waals surface area contributed by atoms with Gasteiger partial charge in [-0.3, -0.25) is 4.79 Å². The maximum Gasteiger partial charge on any atom is 0.270 e. The summed E-state index contributed by atoms with van der Waals surface area (Å²) in [6.07, 6.45) is 1.85. The van der Waals surface area contributed by atoms with Gasteiger partial charge >= 0.3 is 0 Å². The number of carbonyl (C=O) groups is 1. The van der Waals surface area contributed by atoms with Gasteiger partial charge < -0.3 is 14.6 Å². The lowest BCUT2D eigenvalue weighted by Gasteiger charge is -2.25. The van der Waals surface area contributed by atoms with E-state index in [0.717, 1.165) is 10.0 Å². The normalized spacial score (nSPS) is 12.2. The van der Waals surface area contributed by atoms with E-state index in [1.165, 1.54) is 0 Å². The number of phenolic OH excluding ortho intramolecular Hbond substituents is 1. The molecule has 0 saturated carbocycles. The van der Waals surface area contributed by atoms with E-state index < -0.39 is 0 Å². The lowest BCUT2D eigenvalue weighted by atomic mass is 10.1. The molecule has 1 atom stereocenters. The lowest BCUT2D eigenvalue weighted by molar-refractivity contribution is 0.0733. The number of hydrogen-bond acceptors (Lipinski definition) is 2. The SMILES string of the molecule is CC(c1ccc(O)cc1)N(C)C(=O)c1cc(Br)cn1C. The van der Waals surface area contributed by atoms with Crippen molar-refractivity contribution in [2.24, 2.45) is 7.05 Å². The van der Waals surface area contributed by atoms with Gasteiger partial charge in [-0.1, -0.05) is 12.1 Å². The molecule has 2 rings (SSSR count). The van der Waals surface area contributed by atoms with Crippen molar-refractivity contribution in [2.45, 2.75) is 13.0 Å². The molecule has 4 nitrogen and oxygen atoms in total. The molecule has 1 unspecified atom stereocenters. The zero-order valence-electron chi connectivity index (χ0n) is 11.7. The minimum absolute atomic E-state index is 0.0428. The van der Waals surface area contributed by atoms with Crippen molar-refractivity contribution >= 4 is 21.8 Å². The molecule has 0 aliphatic rings. The summed E-state index contributed by atoms with van der Waals surface area (Å²) in [5, 5.41) is 9.31. The van der Waals surface area contributed by atoms with Gasteiger partial charge in [0.05, 0.1) is 6.04 Å². The highest BCUT2D eigenvalue weighted by molar-refractivity contribution is 9.10. The molecule has 0 bridgehead atoms. The van der Waals surface area contributed by atoms with Gasteiger partial charge in [-0.05, 0) is 46.6 Å². The molecular formula is C15H17BrN2O2. The molecule has 2 aromatic rings. The molecule has 20 heavy (non-hydrogen) atoms. The van der Waals surface area contributed by atoms with Crippen LogP contribution >= 0.6 is 15.9 Å². The Balaban J connectivity index is 2.22. The van der Waals surface area contributed by atoms with Crippen LogP contribution in [0.5, 0.6) is 5.75 Å². The van der Waals surface area contributed by atoms with E-state index in [1.807, 2.05) is 38.4 Å². The number of phenols is 1. The van der Waals surface area contributed by atoms with Crippen LogP contribution in [0.15, 0.2) is 41.0 Å². The van der Waals surface area contributed by atoms with Crippen molar-refractivity contribution in [3.63, 3.8) is 0 Å². The lowest BCUT2D eigenvalue weighted by Crippen LogP contribution is -2.30. The van der Waals surface area contributed by atoms with Crippen LogP contribution in [0.4, 0.5) is 0 Å². The first-order valence-corrected chi connectivity index (χ1v) is 7.07. The highest BCUT2D eigenvalue weighted by Crippen LogP contribution is 2.23. The van der Waals surface area contributed by atoms with E-state index >= 15 is 0 Å². The maximum absolute atomic E-state index is 12.5. The Morgan fingerprint density at radius 1 is 1.35 bits per heavy atom. The third kappa shape index (κ3) is 2.88. The molecule has 0 aliphatic carbocycles. The Hall–Kier alpha value is -1.75. The molecule has 1 amide bonds. The molecule has 0 radical (unpaired) electrons. The molecule has 1 N–H and O–H groups in total. The Morgan fingerprint density at radius 3 is 2.45 bits per heavy atom. The van der Waals surface area contributed by atoms with Gasteiger partial charge in [0.1, 0.15) is 11.4 Å². The van der Waals surface area contributed by atoms with Crippen LogP contribution in [0.25, 0.3) is 0 Å². The standard InChI is InChI=1S/C15H17BrN2O2/c1-10(11-4-6-13(19)7-5-11)18(3)15(20)14-8-12(16)9-17(14)2/h4-10,19H,1-3H3. The number of hydrogen-bond donors (Lipinski definition) is 1. The fourth-order valence-corrected chi connectivity index (χ4v) is 2.59. The Labute approximate surface area is 126 Å². The van der Waals surface area contributed by atoms with Gasteiger partial charge in [0.15, 0.2) is 0 Å². The van der Waals surface area contributed by atoms with E-state index in [1.54, 1.807) is 28.6 Å². The average Bonchev–Trinajstić information content (AvgIpc) is 2.76. The summed E-state index contributed by atoms with van der Waals surface area (Å²) in [6.45, 7) is 1.96. The minimum Gasteiger partial charge on any atom is -0.508 e. The molecule has 0 aliphatic heterocycles. The van der Waals surface area contributed by atoms with E-state index in [2.05, 4.69) is 15.9 Å². The number of aryl methyl sites for hydroxylation is 1. The largest absolute Gasteiger partial charge is 0.508 e. The zero-order valence-corrected chi connectivity index (χ0v) is 13.3. The highest BCUT2D eigenvalue weighted by Gasteiger charge is 2.21. The van der Waals surface area contributed by atoms with Crippen LogP contribution in [-0.4, -0.2) is 27.5 Å². The fourth-order valence-electron chi connectivity index (χ4n) is 2.07. The molecule has 5 heteroatoms. The van der Waals surface area contributed by atoms with Crippen molar-refractivity contribution in [2.75, 3.05) is 7.05 Å². The number of halogens is 1. The predicted molar refractivity (Wildman–Crippen MR) is 81.7 cm³/mol. The third-order valence-electron chi connectivity index (χ3n) is 3.47. The molecule has 1 heterocycles. The second kappa shape index (κ2) is 5.71. The van der Waals surface area contributed by atoms with Crippen molar-refractivity contribution in [1.82, 2.24) is 9.47 Å². The van der Waals surface area contributed by atoms with E-state index in [9.17, 15) is 9.90 Å². The second-order valence-electron chi connectivity index (χ2n) is 4.84. The smallest absolute Gasteiger partial charge is 0.270 e. The number of nitrogens with zero attached hydrogens (tertiary/aromatic N) is 2. The van der Waals surface area contributed by atoms with Crippen molar-refractivity contribution in [3.8, 4) is 5.75 Å². The molecule has 1 aromatic carbocycles. The quantitative estimate of drug-likeness (QED) is 0.934. The summed E-state index contributed by atoms with van der Waals surface area (Å²) < 4.78 is 2.68. The summed E-state index contributed by atoms with van der Waals surface area (Å²) in [4.78, 5) is 14.2. The molecule has 106 valence electrons. The molecule has 0 spiro atoms. The first kappa shape index (κ1) is 14.7. The number of rotatable bonds is 3. The van der Waals surface area contributed by atoms with Crippen molar-refractivity contribution in [3.05, 3.63) is 52.3 Å². The van der Waals surface area contributed by atoms with Gasteiger partial charge in [-0.25, -0.2) is 0 Å². The van der Waals surface area contributed by atoms with E-state index in [0.29, 0.717) is 5.69 Å². The Morgan fingerprint density at radius 2 is 1.95 bits per heavy atom. The van der Waals surface area contributed by atoms with Crippen LogP contribution in [0.1, 0.15) is 29.0 Å². The zero-order chi connectivity index (χ0) is 14.9. The first-order valence-electron chi connectivity index (χ1n) is 6.28. The third-order valence-corrected chi connectivity index (χ3v) is 3.90. The van der Waals surface area contributed by atoms with Crippen molar-refractivity contribution < 1.29 is 9.90 Å². The average molecular weight is 337 g/mol. The van der Waals surface area contributed by atoms with Gasteiger partial charge in [0.25, 0.3) is 5.91 Å². The topological polar surface area (TPSA) is 45.5 Å². The minimum atomic E-state index is -0.0724. The molecule has 1 aromatic heterocycles. The monoisotopic (exact) mass is 336 g/mol. The summed E-state index contributed by atoms with van der Waals surface area (Å²) in [5.74, 6) is 0.181. The summed E-state index contributed by atoms with van der Waals surface area (Å²) in [7, 11) is 3.62. The predicted octanol–water partition coefficient (Wildman–Crippen LogP) is 3.33. The van der Waals surface area contributed by atoms with Crippen LogP contribution in [0.3, 0.4) is 0 Å². The van der Waals surface area contributed by atoms with Crippen LogP contribution in [-0.2, 0) is 7.05 Å². The first-order chi connectivity index (χ1) is 9.40. The van der Waals surface area contributed by atoms with E-state index in [4.69, 9.17) is 0 Å². The highest BCUT2D eigenvalue weighted by atomic mass is 79.9. The summed E-state index contributed by atoms with van der Waals surface area (Å²) >= 11 is 3.37. The van der Waals surface area contributed by atoms with Gasteiger partial charge in [-0.2, -0.15) is 0 Å². The van der Waals surface area contributed by atoms with Gasteiger partial charge in [0.2, 0.25) is 0 Å². The van der Waals surface area contributed by atoms with Crippen molar-refractivity contribution in [1.29, 1.82) is 0 Å². The number of amides is 1. The Kier molecular flexibility index (Phi) is 4.18. The van der Waals surface area contributed by atoms with Crippen LogP contribution < -0.4 is 0 Å². The van der Waals surface area contributed by atoms with Crippen LogP contribution in [0, 0.1) is 0 Å². The summed E-state index contributed by atoms with van der Waals surface area (Å²) in [6, 6.07) is 8.64. The van der Waals surface area contributed by atoms with E-state index in [-0.39, 0.29) is 17.7 Å². The number of aromatic nitrogens is 1. The molecule has 0 fully saturated rings. The molecular weight excluding hydrogens is 320 g/mol.